The zero-order valence-electron chi connectivity index (χ0n) is 17.5. The van der Waals surface area contributed by atoms with Crippen LogP contribution in [0.3, 0.4) is 0 Å². The highest BCUT2D eigenvalue weighted by Gasteiger charge is 2.36. The second-order valence-electron chi connectivity index (χ2n) is 7.28. The van der Waals surface area contributed by atoms with E-state index in [0.29, 0.717) is 11.5 Å². The number of aryl methyl sites for hydroxylation is 1. The predicted molar refractivity (Wildman–Crippen MR) is 113 cm³/mol. The molecule has 0 bridgehead atoms. The van der Waals surface area contributed by atoms with Crippen LogP contribution in [-0.4, -0.2) is 45.0 Å². The highest BCUT2D eigenvalue weighted by Crippen LogP contribution is 2.28. The molecule has 0 radical (unpaired) electrons. The van der Waals surface area contributed by atoms with Crippen molar-refractivity contribution in [2.45, 2.75) is 19.6 Å². The molecule has 1 fully saturated rings. The van der Waals surface area contributed by atoms with Gasteiger partial charge in [-0.2, -0.15) is 5.26 Å². The monoisotopic (exact) mass is 460 g/mol. The summed E-state index contributed by atoms with van der Waals surface area (Å²) >= 11 is 0. The van der Waals surface area contributed by atoms with Crippen molar-refractivity contribution in [1.82, 2.24) is 9.71 Å². The predicted octanol–water partition coefficient (Wildman–Crippen LogP) is 1.66. The molecule has 3 rings (SSSR count). The Bertz CT molecular complexity index is 1200. The Labute approximate surface area is 184 Å². The molecule has 0 aliphatic carbocycles. The third kappa shape index (κ3) is 5.20. The van der Waals surface area contributed by atoms with Crippen LogP contribution in [0.1, 0.15) is 34.1 Å². The number of nitrogens with zero attached hydrogens (tertiary/aromatic N) is 3. The lowest BCUT2D eigenvalue weighted by molar-refractivity contribution is -0.123. The van der Waals surface area contributed by atoms with E-state index in [1.54, 1.807) is 18.7 Å². The Hall–Kier alpha value is -3.52. The number of nitrogens with one attached hydrogen (secondary N) is 1. The maximum atomic E-state index is 13.3. The minimum atomic E-state index is -4.00. The summed E-state index contributed by atoms with van der Waals surface area (Å²) in [7, 11) is -4.00. The van der Waals surface area contributed by atoms with E-state index in [9.17, 15) is 27.7 Å². The molecule has 0 spiro atoms. The van der Waals surface area contributed by atoms with Crippen LogP contribution < -0.4 is 9.62 Å². The fraction of sp³-hybridized carbons (Fsp3) is 0.333. The lowest BCUT2D eigenvalue weighted by Gasteiger charge is -2.39. The van der Waals surface area contributed by atoms with E-state index < -0.39 is 39.4 Å². The van der Waals surface area contributed by atoms with Crippen molar-refractivity contribution in [3.8, 4) is 6.07 Å². The molecular formula is C21H21FN4O5S. The standard InChI is InChI=1S/C21H21FN4O5S/c1-3-31-21(28)18-8-15(9-23)19(24-13(18)2)26-10-16(11-26)20(27)25-32(29,30)12-14-5-4-6-17(22)7-14/h4-8,16H,3,10-12H2,1-2H3,(H,25,27). The second kappa shape index (κ2) is 9.32. The van der Waals surface area contributed by atoms with Gasteiger partial charge in [-0.15, -0.1) is 0 Å². The lowest BCUT2D eigenvalue weighted by atomic mass is 9.98. The molecule has 1 amide bonds. The number of benzene rings is 1. The third-order valence-electron chi connectivity index (χ3n) is 4.86. The van der Waals surface area contributed by atoms with Gasteiger partial charge in [0.05, 0.1) is 35.1 Å². The van der Waals surface area contributed by atoms with Gasteiger partial charge in [0.15, 0.2) is 0 Å². The molecule has 1 aliphatic rings. The molecule has 9 nitrogen and oxygen atoms in total. The molecule has 0 atom stereocenters. The topological polar surface area (TPSA) is 129 Å². The first kappa shape index (κ1) is 23.1. The van der Waals surface area contributed by atoms with Crippen molar-refractivity contribution in [3.63, 3.8) is 0 Å². The van der Waals surface area contributed by atoms with Crippen molar-refractivity contribution in [3.05, 3.63) is 58.5 Å². The summed E-state index contributed by atoms with van der Waals surface area (Å²) in [6, 6.07) is 8.51. The Morgan fingerprint density at radius 2 is 2.06 bits per heavy atom. The van der Waals surface area contributed by atoms with Crippen LogP contribution in [0.5, 0.6) is 0 Å². The number of aromatic nitrogens is 1. The van der Waals surface area contributed by atoms with Crippen molar-refractivity contribution < 1.29 is 27.1 Å². The fourth-order valence-corrected chi connectivity index (χ4v) is 4.43. The van der Waals surface area contributed by atoms with Gasteiger partial charge in [-0.1, -0.05) is 12.1 Å². The molecule has 1 aromatic carbocycles. The van der Waals surface area contributed by atoms with E-state index in [2.05, 4.69) is 4.98 Å². The van der Waals surface area contributed by atoms with Crippen LogP contribution in [-0.2, 0) is 25.3 Å². The van der Waals surface area contributed by atoms with Crippen LogP contribution in [0.2, 0.25) is 0 Å². The van der Waals surface area contributed by atoms with Gasteiger partial charge in [0.2, 0.25) is 15.9 Å². The Morgan fingerprint density at radius 1 is 1.34 bits per heavy atom. The van der Waals surface area contributed by atoms with E-state index in [0.717, 1.165) is 6.07 Å². The Kier molecular flexibility index (Phi) is 6.74. The van der Waals surface area contributed by atoms with Crippen LogP contribution in [0.25, 0.3) is 0 Å². The molecule has 11 heteroatoms. The number of halogens is 1. The first-order valence-electron chi connectivity index (χ1n) is 9.76. The Morgan fingerprint density at radius 3 is 2.69 bits per heavy atom. The number of nitriles is 1. The van der Waals surface area contributed by atoms with Crippen molar-refractivity contribution in [2.24, 2.45) is 5.92 Å². The van der Waals surface area contributed by atoms with Crippen molar-refractivity contribution in [2.75, 3.05) is 24.6 Å². The van der Waals surface area contributed by atoms with Crippen LogP contribution in [0.4, 0.5) is 10.2 Å². The van der Waals surface area contributed by atoms with Gasteiger partial charge in [-0.25, -0.2) is 22.6 Å². The summed E-state index contributed by atoms with van der Waals surface area (Å²) in [4.78, 5) is 30.4. The van der Waals surface area contributed by atoms with E-state index in [-0.39, 0.29) is 36.4 Å². The highest BCUT2D eigenvalue weighted by atomic mass is 32.2. The van der Waals surface area contributed by atoms with Gasteiger partial charge in [0, 0.05) is 13.1 Å². The number of ether oxygens (including phenoxy) is 1. The van der Waals surface area contributed by atoms with Gasteiger partial charge in [0.1, 0.15) is 17.7 Å². The average Bonchev–Trinajstić information content (AvgIpc) is 2.66. The first-order valence-corrected chi connectivity index (χ1v) is 11.4. The highest BCUT2D eigenvalue weighted by molar-refractivity contribution is 7.89. The second-order valence-corrected chi connectivity index (χ2v) is 9.00. The molecule has 1 aliphatic heterocycles. The molecule has 2 heterocycles. The largest absolute Gasteiger partial charge is 0.462 e. The van der Waals surface area contributed by atoms with E-state index in [1.807, 2.05) is 10.8 Å². The van der Waals surface area contributed by atoms with Crippen LogP contribution in [0.15, 0.2) is 30.3 Å². The number of pyridine rings is 1. The van der Waals surface area contributed by atoms with Crippen molar-refractivity contribution in [1.29, 1.82) is 5.26 Å². The number of sulfonamides is 1. The molecule has 0 unspecified atom stereocenters. The SMILES string of the molecule is CCOC(=O)c1cc(C#N)c(N2CC(C(=O)NS(=O)(=O)Cc3cccc(F)c3)C2)nc1C. The van der Waals surface area contributed by atoms with Crippen molar-refractivity contribution >= 4 is 27.7 Å². The zero-order valence-corrected chi connectivity index (χ0v) is 18.3. The molecular weight excluding hydrogens is 439 g/mol. The molecule has 2 aromatic rings. The number of hydrogen-bond acceptors (Lipinski definition) is 8. The number of rotatable bonds is 7. The number of anilines is 1. The minimum absolute atomic E-state index is 0.149. The first-order chi connectivity index (χ1) is 15.1. The number of carbonyl (C=O) groups is 2. The van der Waals surface area contributed by atoms with E-state index >= 15 is 0 Å². The van der Waals surface area contributed by atoms with Gasteiger partial charge in [-0.3, -0.25) is 9.52 Å². The average molecular weight is 460 g/mol. The van der Waals surface area contributed by atoms with Crippen LogP contribution >= 0.6 is 0 Å². The number of carbonyl (C=O) groups excluding carboxylic acids is 2. The summed E-state index contributed by atoms with van der Waals surface area (Å²) < 4.78 is 44.7. The number of amides is 1. The van der Waals surface area contributed by atoms with Gasteiger partial charge < -0.3 is 9.64 Å². The summed E-state index contributed by atoms with van der Waals surface area (Å²) in [5.41, 5.74) is 0.935. The maximum absolute atomic E-state index is 13.3. The van der Waals surface area contributed by atoms with E-state index in [4.69, 9.17) is 4.74 Å². The van der Waals surface area contributed by atoms with Gasteiger partial charge in [0.25, 0.3) is 0 Å². The number of esters is 1. The molecule has 1 N–H and O–H groups in total. The molecule has 1 aromatic heterocycles. The third-order valence-corrected chi connectivity index (χ3v) is 6.09. The smallest absolute Gasteiger partial charge is 0.340 e. The summed E-state index contributed by atoms with van der Waals surface area (Å²) in [5, 5.41) is 9.45. The van der Waals surface area contributed by atoms with E-state index in [1.165, 1.54) is 24.3 Å². The Balaban J connectivity index is 1.65. The quantitative estimate of drug-likeness (QED) is 0.618. The number of hydrogen-bond donors (Lipinski definition) is 1. The molecule has 168 valence electrons. The van der Waals surface area contributed by atoms with Gasteiger partial charge >= 0.3 is 5.97 Å². The summed E-state index contributed by atoms with van der Waals surface area (Å²) in [6.07, 6.45) is 0. The zero-order chi connectivity index (χ0) is 23.5. The summed E-state index contributed by atoms with van der Waals surface area (Å²) in [6.45, 7) is 3.78. The maximum Gasteiger partial charge on any atom is 0.340 e. The molecule has 0 saturated carbocycles. The normalized spacial score (nSPS) is 13.8. The van der Waals surface area contributed by atoms with Gasteiger partial charge in [-0.05, 0) is 37.6 Å². The molecule has 1 saturated heterocycles. The lowest BCUT2D eigenvalue weighted by Crippen LogP contribution is -2.55. The van der Waals surface area contributed by atoms with Crippen LogP contribution in [0, 0.1) is 30.0 Å². The summed E-state index contributed by atoms with van der Waals surface area (Å²) in [5.74, 6) is -2.67. The molecule has 32 heavy (non-hydrogen) atoms. The minimum Gasteiger partial charge on any atom is -0.462 e. The fourth-order valence-electron chi connectivity index (χ4n) is 3.27.